The van der Waals surface area contributed by atoms with Crippen LogP contribution in [0.15, 0.2) is 22.7 Å². The van der Waals surface area contributed by atoms with E-state index in [0.29, 0.717) is 47.4 Å². The zero-order valence-electron chi connectivity index (χ0n) is 18.9. The van der Waals surface area contributed by atoms with E-state index in [1.54, 1.807) is 30.0 Å². The highest BCUT2D eigenvalue weighted by Crippen LogP contribution is 2.34. The Morgan fingerprint density at radius 1 is 1.00 bits per heavy atom. The number of rotatable bonds is 9. The van der Waals surface area contributed by atoms with E-state index in [9.17, 15) is 14.4 Å². The average Bonchev–Trinajstić information content (AvgIpc) is 3.23. The van der Waals surface area contributed by atoms with Gasteiger partial charge in [-0.1, -0.05) is 5.16 Å². The van der Waals surface area contributed by atoms with Gasteiger partial charge in [0.2, 0.25) is 11.8 Å². The number of piperidine rings is 1. The topological polar surface area (TPSA) is 123 Å². The molecule has 1 aliphatic heterocycles. The summed E-state index contributed by atoms with van der Waals surface area (Å²) in [4.78, 5) is 39.5. The fraction of sp³-hybridized carbons (Fsp3) is 0.455. The van der Waals surface area contributed by atoms with Crippen LogP contribution in [0, 0.1) is 6.92 Å². The molecule has 3 rings (SSSR count). The molecule has 2 N–H and O–H groups in total. The maximum Gasteiger partial charge on any atom is 0.256 e. The van der Waals surface area contributed by atoms with Crippen LogP contribution in [0.2, 0.25) is 0 Å². The van der Waals surface area contributed by atoms with E-state index in [1.807, 2.05) is 0 Å². The molecule has 1 saturated heterocycles. The first-order valence-electron chi connectivity index (χ1n) is 10.6. The number of anilines is 2. The number of benzene rings is 1. The molecule has 0 bridgehead atoms. The van der Waals surface area contributed by atoms with Crippen molar-refractivity contribution in [1.82, 2.24) is 10.1 Å². The molecule has 2 heterocycles. The predicted octanol–water partition coefficient (Wildman–Crippen LogP) is 2.94. The predicted molar refractivity (Wildman–Crippen MR) is 125 cm³/mol. The smallest absolute Gasteiger partial charge is 0.256 e. The fourth-order valence-electron chi connectivity index (χ4n) is 3.45. The third-order valence-corrected chi connectivity index (χ3v) is 5.97. The molecule has 0 aliphatic carbocycles. The van der Waals surface area contributed by atoms with Gasteiger partial charge in [-0.2, -0.15) is 0 Å². The second-order valence-electron chi connectivity index (χ2n) is 7.52. The van der Waals surface area contributed by atoms with Crippen molar-refractivity contribution in [2.45, 2.75) is 26.2 Å². The van der Waals surface area contributed by atoms with Crippen LogP contribution in [0.1, 0.15) is 35.4 Å². The van der Waals surface area contributed by atoms with Crippen LogP contribution in [0.5, 0.6) is 11.5 Å². The number of nitrogens with one attached hydrogen (secondary N) is 2. The molecule has 1 aromatic carbocycles. The summed E-state index contributed by atoms with van der Waals surface area (Å²) in [7, 11) is 2.98. The van der Waals surface area contributed by atoms with Gasteiger partial charge >= 0.3 is 0 Å². The van der Waals surface area contributed by atoms with Gasteiger partial charge in [0.1, 0.15) is 5.76 Å². The summed E-state index contributed by atoms with van der Waals surface area (Å²) < 4.78 is 15.6. The molecule has 178 valence electrons. The van der Waals surface area contributed by atoms with Gasteiger partial charge in [0.05, 0.1) is 37.0 Å². The zero-order chi connectivity index (χ0) is 23.8. The molecule has 1 fully saturated rings. The van der Waals surface area contributed by atoms with Gasteiger partial charge in [-0.15, -0.1) is 11.8 Å². The zero-order valence-corrected chi connectivity index (χ0v) is 19.8. The van der Waals surface area contributed by atoms with Gasteiger partial charge in [-0.3, -0.25) is 14.4 Å². The van der Waals surface area contributed by atoms with E-state index in [1.165, 1.54) is 14.2 Å². The van der Waals surface area contributed by atoms with Crippen LogP contribution in [-0.4, -0.2) is 66.6 Å². The molecular weight excluding hydrogens is 448 g/mol. The molecule has 3 amide bonds. The maximum atomic E-state index is 13.2. The number of hydrogen-bond donors (Lipinski definition) is 2. The lowest BCUT2D eigenvalue weighted by molar-refractivity contribution is -0.114. The second-order valence-corrected chi connectivity index (χ2v) is 8.50. The third-order valence-electron chi connectivity index (χ3n) is 5.03. The first-order valence-corrected chi connectivity index (χ1v) is 11.7. The van der Waals surface area contributed by atoms with E-state index in [2.05, 4.69) is 15.8 Å². The number of aromatic nitrogens is 1. The molecule has 1 aliphatic rings. The highest BCUT2D eigenvalue weighted by Gasteiger charge is 2.24. The molecule has 33 heavy (non-hydrogen) atoms. The van der Waals surface area contributed by atoms with Crippen LogP contribution < -0.4 is 20.1 Å². The molecule has 0 unspecified atom stereocenters. The van der Waals surface area contributed by atoms with Crippen molar-refractivity contribution in [2.75, 3.05) is 49.4 Å². The minimum atomic E-state index is -0.343. The van der Waals surface area contributed by atoms with Crippen molar-refractivity contribution in [3.05, 3.63) is 29.5 Å². The molecule has 10 nitrogen and oxygen atoms in total. The van der Waals surface area contributed by atoms with E-state index < -0.39 is 0 Å². The first-order chi connectivity index (χ1) is 15.9. The molecule has 0 atom stereocenters. The Labute approximate surface area is 196 Å². The summed E-state index contributed by atoms with van der Waals surface area (Å²) in [6, 6.07) is 4.78. The Morgan fingerprint density at radius 3 is 2.24 bits per heavy atom. The summed E-state index contributed by atoms with van der Waals surface area (Å²) in [5, 5.41) is 9.08. The molecule has 2 aromatic rings. The van der Waals surface area contributed by atoms with Crippen molar-refractivity contribution in [1.29, 1.82) is 0 Å². The van der Waals surface area contributed by atoms with E-state index in [0.717, 1.165) is 31.0 Å². The quantitative estimate of drug-likeness (QED) is 0.566. The average molecular weight is 477 g/mol. The highest BCUT2D eigenvalue weighted by molar-refractivity contribution is 8.00. The molecular formula is C22H28N4O6S. The van der Waals surface area contributed by atoms with E-state index in [4.69, 9.17) is 14.0 Å². The maximum absolute atomic E-state index is 13.2. The van der Waals surface area contributed by atoms with Crippen molar-refractivity contribution >= 4 is 41.0 Å². The van der Waals surface area contributed by atoms with Crippen LogP contribution in [-0.2, 0) is 9.59 Å². The van der Waals surface area contributed by atoms with E-state index in [-0.39, 0.29) is 29.2 Å². The van der Waals surface area contributed by atoms with Crippen LogP contribution in [0.25, 0.3) is 0 Å². The lowest BCUT2D eigenvalue weighted by atomic mass is 10.1. The number of nitrogens with zero attached hydrogens (tertiary/aromatic N) is 2. The van der Waals surface area contributed by atoms with Gasteiger partial charge in [0.15, 0.2) is 17.3 Å². The van der Waals surface area contributed by atoms with Crippen LogP contribution in [0.4, 0.5) is 11.5 Å². The molecule has 0 radical (unpaired) electrons. The SMILES string of the molecule is COc1cc(NC(=O)CSCC(=O)Nc2cc(C)on2)c(C(=O)N2CCCCC2)cc1OC. The summed E-state index contributed by atoms with van der Waals surface area (Å²) in [5.74, 6) is 1.000. The molecule has 0 saturated carbocycles. The fourth-order valence-corrected chi connectivity index (χ4v) is 4.07. The van der Waals surface area contributed by atoms with E-state index >= 15 is 0 Å². The Bertz CT molecular complexity index is 1000. The van der Waals surface area contributed by atoms with Gasteiger partial charge in [-0.25, -0.2) is 0 Å². The summed E-state index contributed by atoms with van der Waals surface area (Å²) in [6.45, 7) is 3.08. The standard InChI is InChI=1S/C22H28N4O6S/c1-14-9-19(25-32-14)24-21(28)13-33-12-20(27)23-16-11-18(31-3)17(30-2)10-15(16)22(29)26-7-5-4-6-8-26/h9-11H,4-8,12-13H2,1-3H3,(H,23,27)(H,24,25,28). The number of carbonyl (C=O) groups excluding carboxylic acids is 3. The summed E-state index contributed by atoms with van der Waals surface area (Å²) in [6.07, 6.45) is 3.00. The number of likely N-dealkylation sites (tertiary alicyclic amines) is 1. The van der Waals surface area contributed by atoms with Crippen LogP contribution in [0.3, 0.4) is 0 Å². The Hall–Kier alpha value is -3.21. The monoisotopic (exact) mass is 476 g/mol. The van der Waals surface area contributed by atoms with Gasteiger partial charge < -0.3 is 29.5 Å². The lowest BCUT2D eigenvalue weighted by Crippen LogP contribution is -2.36. The second kappa shape index (κ2) is 11.6. The number of hydrogen-bond acceptors (Lipinski definition) is 8. The third kappa shape index (κ3) is 6.64. The number of aryl methyl sites for hydroxylation is 1. The summed E-state index contributed by atoms with van der Waals surface area (Å²) >= 11 is 1.14. The Morgan fingerprint density at radius 2 is 1.64 bits per heavy atom. The van der Waals surface area contributed by atoms with Crippen molar-refractivity contribution in [3.8, 4) is 11.5 Å². The highest BCUT2D eigenvalue weighted by atomic mass is 32.2. The van der Waals surface area contributed by atoms with Crippen LogP contribution >= 0.6 is 11.8 Å². The first kappa shape index (κ1) is 24.4. The van der Waals surface area contributed by atoms with Crippen molar-refractivity contribution in [3.63, 3.8) is 0 Å². The number of methoxy groups -OCH3 is 2. The number of carbonyl (C=O) groups is 3. The minimum absolute atomic E-state index is 0.0248. The van der Waals surface area contributed by atoms with Crippen molar-refractivity contribution in [2.24, 2.45) is 0 Å². The lowest BCUT2D eigenvalue weighted by Gasteiger charge is -2.28. The van der Waals surface area contributed by atoms with Crippen molar-refractivity contribution < 1.29 is 28.4 Å². The van der Waals surface area contributed by atoms with Gasteiger partial charge in [0.25, 0.3) is 5.91 Å². The molecule has 1 aromatic heterocycles. The van der Waals surface area contributed by atoms with Gasteiger partial charge in [0, 0.05) is 25.2 Å². The largest absolute Gasteiger partial charge is 0.493 e. The number of ether oxygens (including phenoxy) is 2. The summed E-state index contributed by atoms with van der Waals surface area (Å²) in [5.41, 5.74) is 0.684. The molecule has 11 heteroatoms. The number of thioether (sulfide) groups is 1. The Balaban J connectivity index is 1.64. The van der Waals surface area contributed by atoms with Gasteiger partial charge in [-0.05, 0) is 32.3 Å². The number of amides is 3. The minimum Gasteiger partial charge on any atom is -0.493 e. The normalized spacial score (nSPS) is 13.4. The molecule has 0 spiro atoms. The Kier molecular flexibility index (Phi) is 8.58.